The molecule has 0 saturated heterocycles. The van der Waals surface area contributed by atoms with Gasteiger partial charge in [-0.15, -0.1) is 11.8 Å². The van der Waals surface area contributed by atoms with Gasteiger partial charge in [-0.1, -0.05) is 24.6 Å². The fourth-order valence-electron chi connectivity index (χ4n) is 1.79. The van der Waals surface area contributed by atoms with Crippen molar-refractivity contribution in [3.8, 4) is 0 Å². The van der Waals surface area contributed by atoms with E-state index in [0.29, 0.717) is 11.6 Å². The minimum Gasteiger partial charge on any atom is -0.349 e. The normalized spacial score (nSPS) is 11.9. The van der Waals surface area contributed by atoms with Crippen LogP contribution in [0.25, 0.3) is 0 Å². The zero-order chi connectivity index (χ0) is 15.1. The van der Waals surface area contributed by atoms with Gasteiger partial charge in [-0.2, -0.15) is 0 Å². The van der Waals surface area contributed by atoms with Gasteiger partial charge in [-0.3, -0.25) is 9.78 Å². The van der Waals surface area contributed by atoms with Gasteiger partial charge in [0.2, 0.25) is 5.91 Å². The third-order valence-corrected chi connectivity index (χ3v) is 4.55. The Morgan fingerprint density at radius 1 is 1.29 bits per heavy atom. The first kappa shape index (κ1) is 15.9. The van der Waals surface area contributed by atoms with Crippen molar-refractivity contribution in [1.82, 2.24) is 10.3 Å². The minimum atomic E-state index is -0.116. The number of nitrogens with one attached hydrogen (secondary N) is 1. The van der Waals surface area contributed by atoms with Gasteiger partial charge >= 0.3 is 0 Å². The van der Waals surface area contributed by atoms with E-state index < -0.39 is 0 Å². The number of amides is 1. The number of benzene rings is 1. The SMILES string of the molecule is CC[C@@H](Sc1ccc(Cl)cc1)C(=O)NCc1ccccn1. The van der Waals surface area contributed by atoms with Crippen molar-refractivity contribution in [2.75, 3.05) is 0 Å². The van der Waals surface area contributed by atoms with Gasteiger partial charge in [0.05, 0.1) is 17.5 Å². The van der Waals surface area contributed by atoms with E-state index in [1.165, 1.54) is 0 Å². The molecule has 0 unspecified atom stereocenters. The van der Waals surface area contributed by atoms with Crippen molar-refractivity contribution in [3.05, 3.63) is 59.4 Å². The molecule has 110 valence electrons. The van der Waals surface area contributed by atoms with Crippen molar-refractivity contribution < 1.29 is 4.79 Å². The molecule has 0 aliphatic carbocycles. The predicted molar refractivity (Wildman–Crippen MR) is 87.5 cm³/mol. The summed E-state index contributed by atoms with van der Waals surface area (Å²) >= 11 is 7.42. The number of pyridine rings is 1. The van der Waals surface area contributed by atoms with Crippen LogP contribution in [0.2, 0.25) is 5.02 Å². The summed E-state index contributed by atoms with van der Waals surface area (Å²) < 4.78 is 0. The fraction of sp³-hybridized carbons (Fsp3) is 0.250. The molecule has 21 heavy (non-hydrogen) atoms. The summed E-state index contributed by atoms with van der Waals surface area (Å²) in [6, 6.07) is 13.2. The second-order valence-corrected chi connectivity index (χ2v) is 6.22. The molecule has 1 atom stereocenters. The number of carbonyl (C=O) groups excluding carboxylic acids is 1. The van der Waals surface area contributed by atoms with Gasteiger partial charge in [-0.25, -0.2) is 0 Å². The molecule has 0 aliphatic rings. The molecule has 5 heteroatoms. The van der Waals surface area contributed by atoms with Crippen LogP contribution in [0.15, 0.2) is 53.6 Å². The summed E-state index contributed by atoms with van der Waals surface area (Å²) in [6.45, 7) is 2.46. The Labute approximate surface area is 134 Å². The lowest BCUT2D eigenvalue weighted by atomic mass is 10.3. The molecule has 2 rings (SSSR count). The lowest BCUT2D eigenvalue weighted by molar-refractivity contribution is -0.120. The molecule has 1 heterocycles. The third-order valence-electron chi connectivity index (χ3n) is 2.93. The minimum absolute atomic E-state index is 0.0307. The molecule has 0 bridgehead atoms. The Kier molecular flexibility index (Phi) is 6.08. The van der Waals surface area contributed by atoms with Gasteiger partial charge in [0.15, 0.2) is 0 Å². The Balaban J connectivity index is 1.90. The molecule has 1 aromatic heterocycles. The highest BCUT2D eigenvalue weighted by atomic mass is 35.5. The van der Waals surface area contributed by atoms with Crippen molar-refractivity contribution >= 4 is 29.3 Å². The molecule has 0 aliphatic heterocycles. The van der Waals surface area contributed by atoms with Crippen LogP contribution in [0.5, 0.6) is 0 Å². The van der Waals surface area contributed by atoms with Gasteiger partial charge < -0.3 is 5.32 Å². The largest absolute Gasteiger partial charge is 0.349 e. The molecule has 0 fully saturated rings. The molecule has 1 amide bonds. The quantitative estimate of drug-likeness (QED) is 0.820. The molecule has 1 N–H and O–H groups in total. The number of hydrogen-bond acceptors (Lipinski definition) is 3. The maximum Gasteiger partial charge on any atom is 0.233 e. The zero-order valence-electron chi connectivity index (χ0n) is 11.8. The summed E-state index contributed by atoms with van der Waals surface area (Å²) in [5, 5.41) is 3.52. The van der Waals surface area contributed by atoms with Gasteiger partial charge in [0.1, 0.15) is 0 Å². The summed E-state index contributed by atoms with van der Waals surface area (Å²) in [5.74, 6) is 0.0307. The molecular weight excluding hydrogens is 304 g/mol. The van der Waals surface area contributed by atoms with Crippen molar-refractivity contribution in [2.24, 2.45) is 0 Å². The van der Waals surface area contributed by atoms with E-state index >= 15 is 0 Å². The first-order valence-electron chi connectivity index (χ1n) is 6.79. The zero-order valence-corrected chi connectivity index (χ0v) is 13.3. The van der Waals surface area contributed by atoms with Crippen LogP contribution in [-0.2, 0) is 11.3 Å². The summed E-state index contributed by atoms with van der Waals surface area (Å²) in [4.78, 5) is 17.5. The number of aromatic nitrogens is 1. The van der Waals surface area contributed by atoms with Gasteiger partial charge in [0, 0.05) is 16.1 Å². The number of carbonyl (C=O) groups is 1. The second-order valence-electron chi connectivity index (χ2n) is 4.51. The van der Waals surface area contributed by atoms with E-state index in [0.717, 1.165) is 17.0 Å². The highest BCUT2D eigenvalue weighted by Gasteiger charge is 2.17. The summed E-state index contributed by atoms with van der Waals surface area (Å²) in [5.41, 5.74) is 0.859. The van der Waals surface area contributed by atoms with Crippen LogP contribution < -0.4 is 5.32 Å². The Bertz CT molecular complexity index is 575. The molecule has 2 aromatic rings. The van der Waals surface area contributed by atoms with Crippen LogP contribution in [0, 0.1) is 0 Å². The predicted octanol–water partition coefficient (Wildman–Crippen LogP) is 3.92. The topological polar surface area (TPSA) is 42.0 Å². The Morgan fingerprint density at radius 2 is 2.05 bits per heavy atom. The van der Waals surface area contributed by atoms with Crippen molar-refractivity contribution in [2.45, 2.75) is 30.0 Å². The van der Waals surface area contributed by atoms with Crippen LogP contribution >= 0.6 is 23.4 Å². The lowest BCUT2D eigenvalue weighted by Crippen LogP contribution is -2.32. The van der Waals surface area contributed by atoms with Crippen LogP contribution in [0.3, 0.4) is 0 Å². The Morgan fingerprint density at radius 3 is 2.67 bits per heavy atom. The standard InChI is InChI=1S/C16H17ClN2OS/c1-2-15(21-14-8-6-12(17)7-9-14)16(20)19-11-13-5-3-4-10-18-13/h3-10,15H,2,11H2,1H3,(H,19,20)/t15-/m1/s1. The maximum atomic E-state index is 12.2. The number of nitrogens with zero attached hydrogens (tertiary/aromatic N) is 1. The lowest BCUT2D eigenvalue weighted by Gasteiger charge is -2.14. The smallest absolute Gasteiger partial charge is 0.233 e. The Hall–Kier alpha value is -1.52. The van der Waals surface area contributed by atoms with Crippen molar-refractivity contribution in [1.29, 1.82) is 0 Å². The number of thioether (sulfide) groups is 1. The second kappa shape index (κ2) is 8.05. The van der Waals surface area contributed by atoms with E-state index in [1.54, 1.807) is 18.0 Å². The molecule has 0 radical (unpaired) electrons. The van der Waals surface area contributed by atoms with E-state index in [2.05, 4.69) is 10.3 Å². The highest BCUT2D eigenvalue weighted by Crippen LogP contribution is 2.26. The molecule has 0 spiro atoms. The average Bonchev–Trinajstić information content (AvgIpc) is 2.53. The first-order valence-corrected chi connectivity index (χ1v) is 8.04. The average molecular weight is 321 g/mol. The summed E-state index contributed by atoms with van der Waals surface area (Å²) in [7, 11) is 0. The summed E-state index contributed by atoms with van der Waals surface area (Å²) in [6.07, 6.45) is 2.49. The number of rotatable bonds is 6. The van der Waals surface area contributed by atoms with Gasteiger partial charge in [0.25, 0.3) is 0 Å². The van der Waals surface area contributed by atoms with Crippen LogP contribution in [0.1, 0.15) is 19.0 Å². The van der Waals surface area contributed by atoms with Crippen LogP contribution in [-0.4, -0.2) is 16.1 Å². The monoisotopic (exact) mass is 320 g/mol. The number of halogens is 1. The highest BCUT2D eigenvalue weighted by molar-refractivity contribution is 8.00. The van der Waals surface area contributed by atoms with E-state index in [1.807, 2.05) is 49.4 Å². The third kappa shape index (κ3) is 5.06. The molecule has 0 saturated carbocycles. The van der Waals surface area contributed by atoms with E-state index in [4.69, 9.17) is 11.6 Å². The van der Waals surface area contributed by atoms with Crippen molar-refractivity contribution in [3.63, 3.8) is 0 Å². The van der Waals surface area contributed by atoms with Gasteiger partial charge in [-0.05, 0) is 42.8 Å². The molecular formula is C16H17ClN2OS. The number of hydrogen-bond donors (Lipinski definition) is 1. The fourth-order valence-corrected chi connectivity index (χ4v) is 2.90. The van der Waals surface area contributed by atoms with E-state index in [9.17, 15) is 4.79 Å². The molecule has 3 nitrogen and oxygen atoms in total. The van der Waals surface area contributed by atoms with E-state index in [-0.39, 0.29) is 11.2 Å². The van der Waals surface area contributed by atoms with Crippen LogP contribution in [0.4, 0.5) is 0 Å². The maximum absolute atomic E-state index is 12.2. The molecule has 1 aromatic carbocycles. The first-order chi connectivity index (χ1) is 10.2.